The predicted molar refractivity (Wildman–Crippen MR) is 139 cm³/mol. The molecule has 34 heavy (non-hydrogen) atoms. The number of urea groups is 1. The highest BCUT2D eigenvalue weighted by Gasteiger charge is 2.29. The van der Waals surface area contributed by atoms with Gasteiger partial charge in [-0.2, -0.15) is 0 Å². The first kappa shape index (κ1) is 23.8. The highest BCUT2D eigenvalue weighted by Crippen LogP contribution is 2.34. The van der Waals surface area contributed by atoms with E-state index in [2.05, 4.69) is 28.0 Å². The number of rotatable bonds is 6. The third-order valence-electron chi connectivity index (χ3n) is 7.17. The first-order valence-electron chi connectivity index (χ1n) is 12.7. The Morgan fingerprint density at radius 1 is 0.941 bits per heavy atom. The number of carbonyl (C=O) groups excluding carboxylic acids is 1. The molecule has 6 nitrogen and oxygen atoms in total. The molecule has 2 saturated heterocycles. The number of anilines is 1. The Labute approximate surface area is 212 Å². The summed E-state index contributed by atoms with van der Waals surface area (Å²) in [6.45, 7) is 9.08. The number of piperazine rings is 1. The van der Waals surface area contributed by atoms with Crippen LogP contribution in [0.25, 0.3) is 0 Å². The Balaban J connectivity index is 1.07. The average Bonchev–Trinajstić information content (AvgIpc) is 3.29. The van der Waals surface area contributed by atoms with Crippen molar-refractivity contribution in [3.8, 4) is 5.06 Å². The van der Waals surface area contributed by atoms with Gasteiger partial charge in [0.05, 0.1) is 6.61 Å². The second-order valence-corrected chi connectivity index (χ2v) is 11.1. The quantitative estimate of drug-likeness (QED) is 0.523. The molecule has 0 aliphatic carbocycles. The largest absolute Gasteiger partial charge is 0.484 e. The number of hydrogen-bond donors (Lipinski definition) is 0. The van der Waals surface area contributed by atoms with Gasteiger partial charge in [-0.05, 0) is 74.7 Å². The maximum Gasteiger partial charge on any atom is 0.320 e. The lowest BCUT2D eigenvalue weighted by molar-refractivity contribution is 0.145. The first-order valence-corrected chi connectivity index (χ1v) is 13.9. The van der Waals surface area contributed by atoms with Gasteiger partial charge in [0, 0.05) is 61.4 Å². The van der Waals surface area contributed by atoms with Crippen LogP contribution in [-0.2, 0) is 13.0 Å². The number of piperidine rings is 1. The first-order chi connectivity index (χ1) is 16.7. The van der Waals surface area contributed by atoms with Crippen LogP contribution < -0.4 is 9.64 Å². The van der Waals surface area contributed by atoms with Gasteiger partial charge in [-0.15, -0.1) is 11.3 Å². The molecule has 1 aromatic carbocycles. The summed E-state index contributed by atoms with van der Waals surface area (Å²) in [5.41, 5.74) is 2.43. The van der Waals surface area contributed by atoms with E-state index in [4.69, 9.17) is 16.3 Å². The molecule has 0 N–H and O–H groups in total. The van der Waals surface area contributed by atoms with E-state index in [9.17, 15) is 4.79 Å². The second-order valence-electron chi connectivity index (χ2n) is 9.52. The zero-order valence-electron chi connectivity index (χ0n) is 19.9. The molecule has 184 valence electrons. The van der Waals surface area contributed by atoms with Gasteiger partial charge in [-0.1, -0.05) is 18.0 Å². The minimum absolute atomic E-state index is 0.164. The molecule has 3 aliphatic heterocycles. The number of fused-ring (bicyclic) bond motifs is 1. The van der Waals surface area contributed by atoms with E-state index in [1.807, 2.05) is 21.9 Å². The fraction of sp³-hybridized carbons (Fsp3) is 0.577. The third kappa shape index (κ3) is 5.81. The van der Waals surface area contributed by atoms with Crippen molar-refractivity contribution in [2.24, 2.45) is 0 Å². The van der Waals surface area contributed by atoms with Crippen LogP contribution in [0.3, 0.4) is 0 Å². The van der Waals surface area contributed by atoms with Gasteiger partial charge in [-0.25, -0.2) is 4.79 Å². The zero-order chi connectivity index (χ0) is 23.3. The van der Waals surface area contributed by atoms with Crippen molar-refractivity contribution >= 4 is 34.7 Å². The van der Waals surface area contributed by atoms with Gasteiger partial charge in [0.2, 0.25) is 0 Å². The van der Waals surface area contributed by atoms with E-state index in [0.717, 1.165) is 68.8 Å². The number of nitrogens with zero attached hydrogens (tertiary/aromatic N) is 4. The minimum Gasteiger partial charge on any atom is -0.484 e. The molecule has 2 amide bonds. The van der Waals surface area contributed by atoms with E-state index < -0.39 is 0 Å². The van der Waals surface area contributed by atoms with Gasteiger partial charge in [0.15, 0.2) is 5.06 Å². The van der Waals surface area contributed by atoms with E-state index in [0.29, 0.717) is 6.54 Å². The van der Waals surface area contributed by atoms with E-state index in [1.54, 1.807) is 11.3 Å². The number of amides is 2. The lowest BCUT2D eigenvalue weighted by atomic mass is 10.1. The Morgan fingerprint density at radius 2 is 1.71 bits per heavy atom. The summed E-state index contributed by atoms with van der Waals surface area (Å²) in [5.74, 6) is 0. The standard InChI is InChI=1S/C26H35ClN4O2S/c27-22-5-7-23(8-6-22)29-14-16-30(17-15-29)26(32)31-13-9-24-21(20-31)19-25(34-24)33-18-4-12-28-10-2-1-3-11-28/h5-8,19H,1-4,9-18,20H2. The summed E-state index contributed by atoms with van der Waals surface area (Å²) in [6, 6.07) is 10.3. The summed E-state index contributed by atoms with van der Waals surface area (Å²) < 4.78 is 6.09. The maximum absolute atomic E-state index is 13.2. The molecule has 0 bridgehead atoms. The molecule has 0 spiro atoms. The Morgan fingerprint density at radius 3 is 2.47 bits per heavy atom. The highest BCUT2D eigenvalue weighted by atomic mass is 35.5. The third-order valence-corrected chi connectivity index (χ3v) is 8.57. The summed E-state index contributed by atoms with van der Waals surface area (Å²) in [4.78, 5) is 23.5. The Bertz CT molecular complexity index is 952. The average molecular weight is 503 g/mol. The molecule has 0 radical (unpaired) electrons. The van der Waals surface area contributed by atoms with E-state index in [1.165, 1.54) is 48.5 Å². The molecule has 2 fully saturated rings. The second kappa shape index (κ2) is 11.2. The lowest BCUT2D eigenvalue weighted by Gasteiger charge is -2.39. The van der Waals surface area contributed by atoms with E-state index in [-0.39, 0.29) is 6.03 Å². The molecular weight excluding hydrogens is 468 g/mol. The van der Waals surface area contributed by atoms with Gasteiger partial charge in [-0.3, -0.25) is 0 Å². The number of carbonyl (C=O) groups is 1. The SMILES string of the molecule is O=C(N1CCN(c2ccc(Cl)cc2)CC1)N1CCc2sc(OCCCN3CCCCC3)cc2C1. The van der Waals surface area contributed by atoms with Crippen LogP contribution in [0.5, 0.6) is 5.06 Å². The van der Waals surface area contributed by atoms with Crippen molar-refractivity contribution in [1.82, 2.24) is 14.7 Å². The van der Waals surface area contributed by atoms with Crippen molar-refractivity contribution < 1.29 is 9.53 Å². The van der Waals surface area contributed by atoms with Crippen LogP contribution in [0.4, 0.5) is 10.5 Å². The van der Waals surface area contributed by atoms with Gasteiger partial charge in [0.1, 0.15) is 0 Å². The summed E-state index contributed by atoms with van der Waals surface area (Å²) >= 11 is 7.78. The van der Waals surface area contributed by atoms with Gasteiger partial charge in [0.25, 0.3) is 0 Å². The van der Waals surface area contributed by atoms with Gasteiger partial charge >= 0.3 is 6.03 Å². The van der Waals surface area contributed by atoms with Gasteiger partial charge < -0.3 is 24.3 Å². The monoisotopic (exact) mass is 502 g/mol. The molecule has 1 aromatic heterocycles. The number of benzene rings is 1. The number of ether oxygens (including phenoxy) is 1. The number of thiophene rings is 1. The smallest absolute Gasteiger partial charge is 0.320 e. The van der Waals surface area contributed by atoms with Crippen molar-refractivity contribution in [3.63, 3.8) is 0 Å². The fourth-order valence-corrected chi connectivity index (χ4v) is 6.35. The molecule has 5 rings (SSSR count). The normalized spacial score (nSPS) is 19.3. The molecule has 4 heterocycles. The summed E-state index contributed by atoms with van der Waals surface area (Å²) in [5, 5.41) is 1.76. The number of halogens is 1. The molecule has 2 aromatic rings. The van der Waals surface area contributed by atoms with Crippen LogP contribution in [0.2, 0.25) is 5.02 Å². The van der Waals surface area contributed by atoms with Crippen LogP contribution >= 0.6 is 22.9 Å². The van der Waals surface area contributed by atoms with Crippen molar-refractivity contribution in [2.45, 2.75) is 38.6 Å². The maximum atomic E-state index is 13.2. The minimum atomic E-state index is 0.164. The van der Waals surface area contributed by atoms with E-state index >= 15 is 0 Å². The molecule has 0 unspecified atom stereocenters. The Hall–Kier alpha value is -1.96. The van der Waals surface area contributed by atoms with Crippen molar-refractivity contribution in [3.05, 3.63) is 45.8 Å². The van der Waals surface area contributed by atoms with Crippen LogP contribution in [0, 0.1) is 0 Å². The zero-order valence-corrected chi connectivity index (χ0v) is 21.5. The lowest BCUT2D eigenvalue weighted by Crippen LogP contribution is -2.53. The van der Waals surface area contributed by atoms with Crippen molar-refractivity contribution in [1.29, 1.82) is 0 Å². The summed E-state index contributed by atoms with van der Waals surface area (Å²) in [7, 11) is 0. The molecule has 3 aliphatic rings. The molecule has 8 heteroatoms. The predicted octanol–water partition coefficient (Wildman–Crippen LogP) is 4.96. The van der Waals surface area contributed by atoms with Crippen LogP contribution in [-0.4, -0.2) is 79.7 Å². The highest BCUT2D eigenvalue weighted by molar-refractivity contribution is 7.14. The van der Waals surface area contributed by atoms with Crippen molar-refractivity contribution in [2.75, 3.05) is 63.9 Å². The molecule has 0 atom stereocenters. The number of hydrogen-bond acceptors (Lipinski definition) is 5. The fourth-order valence-electron chi connectivity index (χ4n) is 5.19. The molecule has 0 saturated carbocycles. The summed E-state index contributed by atoms with van der Waals surface area (Å²) in [6.07, 6.45) is 6.06. The number of likely N-dealkylation sites (tertiary alicyclic amines) is 1. The Kier molecular flexibility index (Phi) is 7.82. The van der Waals surface area contributed by atoms with Crippen LogP contribution in [0.15, 0.2) is 30.3 Å². The molecular formula is C26H35ClN4O2S. The topological polar surface area (TPSA) is 39.3 Å². The van der Waals surface area contributed by atoms with Crippen LogP contribution in [0.1, 0.15) is 36.1 Å².